The zero-order chi connectivity index (χ0) is 11.8. The lowest BCUT2D eigenvalue weighted by molar-refractivity contribution is 0.502. The molecule has 88 valence electrons. The average molecular weight is 243 g/mol. The van der Waals surface area contributed by atoms with Gasteiger partial charge < -0.3 is 5.73 Å². The molecule has 0 amide bonds. The first-order chi connectivity index (χ1) is 8.24. The molecule has 2 N–H and O–H groups in total. The first-order valence-corrected chi connectivity index (χ1v) is 6.95. The van der Waals surface area contributed by atoms with Gasteiger partial charge in [-0.3, -0.25) is 0 Å². The summed E-state index contributed by atoms with van der Waals surface area (Å²) in [6, 6.07) is 13.3. The van der Waals surface area contributed by atoms with Crippen LogP contribution in [0.15, 0.2) is 36.4 Å². The number of thiophene rings is 1. The van der Waals surface area contributed by atoms with E-state index in [0.29, 0.717) is 5.92 Å². The lowest BCUT2D eigenvalue weighted by atomic mass is 9.74. The number of hydrogen-bond acceptors (Lipinski definition) is 2. The van der Waals surface area contributed by atoms with E-state index in [1.807, 2.05) is 11.3 Å². The maximum Gasteiger partial charge on any atom is 0.0395 e. The highest BCUT2D eigenvalue weighted by molar-refractivity contribution is 7.12. The average Bonchev–Trinajstić information content (AvgIpc) is 2.73. The van der Waals surface area contributed by atoms with E-state index in [9.17, 15) is 0 Å². The van der Waals surface area contributed by atoms with Crippen molar-refractivity contribution in [1.29, 1.82) is 0 Å². The van der Waals surface area contributed by atoms with E-state index in [1.165, 1.54) is 27.3 Å². The van der Waals surface area contributed by atoms with Gasteiger partial charge in [0, 0.05) is 15.8 Å². The summed E-state index contributed by atoms with van der Waals surface area (Å²) in [5.41, 5.74) is 9.30. The highest BCUT2D eigenvalue weighted by Crippen LogP contribution is 2.40. The molecule has 0 fully saturated rings. The molecule has 2 unspecified atom stereocenters. The quantitative estimate of drug-likeness (QED) is 0.872. The largest absolute Gasteiger partial charge is 0.323 e. The predicted octanol–water partition coefficient (Wildman–Crippen LogP) is 3.79. The normalized spacial score (nSPS) is 19.5. The van der Waals surface area contributed by atoms with E-state index in [4.69, 9.17) is 5.73 Å². The molecule has 0 spiro atoms. The third-order valence-corrected chi connectivity index (χ3v) is 4.76. The summed E-state index contributed by atoms with van der Waals surface area (Å²) in [6.45, 7) is 2.14. The topological polar surface area (TPSA) is 26.0 Å². The summed E-state index contributed by atoms with van der Waals surface area (Å²) in [4.78, 5) is 2.68. The zero-order valence-electron chi connectivity index (χ0n) is 10.0. The lowest BCUT2D eigenvalue weighted by Crippen LogP contribution is -2.22. The Kier molecular flexibility index (Phi) is 2.77. The van der Waals surface area contributed by atoms with Crippen LogP contribution in [0.2, 0.25) is 0 Å². The summed E-state index contributed by atoms with van der Waals surface area (Å²) in [5, 5.41) is 0. The Morgan fingerprint density at radius 1 is 1.29 bits per heavy atom. The fourth-order valence-electron chi connectivity index (χ4n) is 2.65. The van der Waals surface area contributed by atoms with E-state index >= 15 is 0 Å². The van der Waals surface area contributed by atoms with E-state index in [0.717, 1.165) is 6.42 Å². The van der Waals surface area contributed by atoms with E-state index in [1.54, 1.807) is 0 Å². The van der Waals surface area contributed by atoms with Crippen LogP contribution >= 0.6 is 11.3 Å². The second-order valence-corrected chi connectivity index (χ2v) is 6.21. The third-order valence-electron chi connectivity index (χ3n) is 3.63. The molecule has 0 saturated carbocycles. The molecule has 0 bridgehead atoms. The minimum Gasteiger partial charge on any atom is -0.323 e. The van der Waals surface area contributed by atoms with Gasteiger partial charge in [-0.25, -0.2) is 0 Å². The molecule has 1 aliphatic carbocycles. The van der Waals surface area contributed by atoms with Crippen molar-refractivity contribution in [3.05, 3.63) is 57.3 Å². The highest BCUT2D eigenvalue weighted by Gasteiger charge is 2.27. The van der Waals surface area contributed by atoms with Crippen molar-refractivity contribution in [3.8, 4) is 0 Å². The monoisotopic (exact) mass is 243 g/mol. The van der Waals surface area contributed by atoms with Crippen molar-refractivity contribution in [1.82, 2.24) is 0 Å². The summed E-state index contributed by atoms with van der Waals surface area (Å²) in [5.74, 6) is 0.670. The van der Waals surface area contributed by atoms with Gasteiger partial charge in [0.25, 0.3) is 0 Å². The van der Waals surface area contributed by atoms with E-state index in [2.05, 4.69) is 43.3 Å². The molecule has 17 heavy (non-hydrogen) atoms. The Morgan fingerprint density at radius 2 is 2.12 bits per heavy atom. The predicted molar refractivity (Wildman–Crippen MR) is 73.5 cm³/mol. The first kappa shape index (κ1) is 11.0. The summed E-state index contributed by atoms with van der Waals surface area (Å²) in [7, 11) is 0. The smallest absolute Gasteiger partial charge is 0.0395 e. The van der Waals surface area contributed by atoms with Crippen LogP contribution in [-0.4, -0.2) is 0 Å². The summed E-state index contributed by atoms with van der Waals surface area (Å²) in [6.07, 6.45) is 2.28. The number of benzene rings is 1. The van der Waals surface area contributed by atoms with E-state index < -0.39 is 0 Å². The van der Waals surface area contributed by atoms with Gasteiger partial charge in [0.2, 0.25) is 0 Å². The molecule has 2 atom stereocenters. The van der Waals surface area contributed by atoms with Crippen LogP contribution in [0.4, 0.5) is 0 Å². The minimum atomic E-state index is 0.201. The Labute approximate surface area is 106 Å². The SMILES string of the molecule is Cc1ccc(C(N)CC2Cc3ccccc32)s1. The first-order valence-electron chi connectivity index (χ1n) is 6.14. The molecule has 0 radical (unpaired) electrons. The molecule has 1 aliphatic rings. The summed E-state index contributed by atoms with van der Waals surface area (Å²) < 4.78 is 0. The Morgan fingerprint density at radius 3 is 2.82 bits per heavy atom. The Bertz CT molecular complexity index is 529. The fraction of sp³-hybridized carbons (Fsp3) is 0.333. The molecule has 2 heteroatoms. The molecule has 1 heterocycles. The van der Waals surface area contributed by atoms with Gasteiger partial charge in [-0.2, -0.15) is 0 Å². The van der Waals surface area contributed by atoms with Gasteiger partial charge in [0.15, 0.2) is 0 Å². The fourth-order valence-corrected chi connectivity index (χ4v) is 3.54. The highest BCUT2D eigenvalue weighted by atomic mass is 32.1. The van der Waals surface area contributed by atoms with Crippen LogP contribution in [0.3, 0.4) is 0 Å². The lowest BCUT2D eigenvalue weighted by Gasteiger charge is -2.31. The molecule has 2 aromatic rings. The number of hydrogen-bond donors (Lipinski definition) is 1. The second-order valence-electron chi connectivity index (χ2n) is 4.89. The van der Waals surface area contributed by atoms with Crippen LogP contribution in [0.5, 0.6) is 0 Å². The van der Waals surface area contributed by atoms with Crippen LogP contribution in [0.1, 0.15) is 39.3 Å². The third kappa shape index (κ3) is 2.03. The molecule has 3 rings (SSSR count). The molecular formula is C15H17NS. The number of rotatable bonds is 3. The van der Waals surface area contributed by atoms with Gasteiger partial charge >= 0.3 is 0 Å². The van der Waals surface area contributed by atoms with Crippen molar-refractivity contribution >= 4 is 11.3 Å². The van der Waals surface area contributed by atoms with E-state index in [-0.39, 0.29) is 6.04 Å². The maximum absolute atomic E-state index is 6.29. The standard InChI is InChI=1S/C15H17NS/c1-10-6-7-15(17-10)14(16)9-12-8-11-4-2-3-5-13(11)12/h2-7,12,14H,8-9,16H2,1H3. The van der Waals surface area contributed by atoms with Crippen LogP contribution in [0, 0.1) is 6.92 Å². The van der Waals surface area contributed by atoms with Crippen LogP contribution < -0.4 is 5.73 Å². The Balaban J connectivity index is 1.70. The molecule has 1 aromatic heterocycles. The molecule has 1 aromatic carbocycles. The van der Waals surface area contributed by atoms with Gasteiger partial charge in [-0.1, -0.05) is 24.3 Å². The number of nitrogens with two attached hydrogens (primary N) is 1. The van der Waals surface area contributed by atoms with Gasteiger partial charge in [0.1, 0.15) is 0 Å². The Hall–Kier alpha value is -1.12. The van der Waals surface area contributed by atoms with Crippen molar-refractivity contribution in [3.63, 3.8) is 0 Å². The molecular weight excluding hydrogens is 226 g/mol. The van der Waals surface area contributed by atoms with Gasteiger partial charge in [-0.15, -0.1) is 11.3 Å². The van der Waals surface area contributed by atoms with Crippen molar-refractivity contribution in [2.75, 3.05) is 0 Å². The van der Waals surface area contributed by atoms with Crippen LogP contribution in [0.25, 0.3) is 0 Å². The molecule has 0 saturated heterocycles. The summed E-state index contributed by atoms with van der Waals surface area (Å²) >= 11 is 1.83. The van der Waals surface area contributed by atoms with Gasteiger partial charge in [-0.05, 0) is 48.9 Å². The van der Waals surface area contributed by atoms with Gasteiger partial charge in [0.05, 0.1) is 0 Å². The van der Waals surface area contributed by atoms with Crippen molar-refractivity contribution in [2.45, 2.75) is 31.7 Å². The van der Waals surface area contributed by atoms with Crippen molar-refractivity contribution in [2.24, 2.45) is 5.73 Å². The minimum absolute atomic E-state index is 0.201. The second kappa shape index (κ2) is 4.28. The maximum atomic E-state index is 6.29. The van der Waals surface area contributed by atoms with Crippen molar-refractivity contribution < 1.29 is 0 Å². The number of aryl methyl sites for hydroxylation is 1. The number of fused-ring (bicyclic) bond motifs is 1. The molecule has 0 aliphatic heterocycles. The molecule has 1 nitrogen and oxygen atoms in total. The zero-order valence-corrected chi connectivity index (χ0v) is 10.8. The van der Waals surface area contributed by atoms with Crippen LogP contribution in [-0.2, 0) is 6.42 Å².